The molecule has 0 aliphatic rings. The molecule has 0 aliphatic carbocycles. The number of hydrogen-bond acceptors (Lipinski definition) is 9. The highest BCUT2D eigenvalue weighted by Crippen LogP contribution is 2.25. The maximum absolute atomic E-state index is 13.3. The van der Waals surface area contributed by atoms with Gasteiger partial charge in [0.15, 0.2) is 0 Å². The first kappa shape index (κ1) is 25.4. The first-order valence-electron chi connectivity index (χ1n) is 11.8. The van der Waals surface area contributed by atoms with Gasteiger partial charge in [-0.2, -0.15) is 0 Å². The van der Waals surface area contributed by atoms with E-state index in [9.17, 15) is 9.18 Å². The van der Waals surface area contributed by atoms with Crippen molar-refractivity contribution in [2.45, 2.75) is 38.8 Å². The minimum Gasteiger partial charge on any atom is -0.445 e. The number of oxazole rings is 1. The van der Waals surface area contributed by atoms with Crippen molar-refractivity contribution in [3.8, 4) is 11.5 Å². The van der Waals surface area contributed by atoms with E-state index in [0.717, 1.165) is 21.8 Å². The monoisotopic (exact) mass is 532 g/mol. The Bertz CT molecular complexity index is 1540. The standard InChI is InChI=1S/C27H25FN6O3S/c1-16-15-38-23(32-16)14-31-24(35)19-9-18(10-20(12-19)25-30-7-8-36-25)11-22-33-34-26(37-22)27(2,29)13-17-3-5-21(28)6-4-17/h3-10,12,15H,11,13-14,29H2,1-2H3,(H,31,35). The van der Waals surface area contributed by atoms with Crippen LogP contribution in [0.25, 0.3) is 11.5 Å². The summed E-state index contributed by atoms with van der Waals surface area (Å²) in [5.41, 5.74) is 9.11. The van der Waals surface area contributed by atoms with Crippen LogP contribution in [0.15, 0.2) is 69.1 Å². The third-order valence-corrected chi connectivity index (χ3v) is 6.76. The van der Waals surface area contributed by atoms with Crippen molar-refractivity contribution in [3.05, 3.63) is 105 Å². The molecule has 0 aliphatic heterocycles. The van der Waals surface area contributed by atoms with Gasteiger partial charge in [-0.3, -0.25) is 4.79 Å². The number of aryl methyl sites for hydroxylation is 1. The van der Waals surface area contributed by atoms with E-state index in [1.54, 1.807) is 37.4 Å². The number of carbonyl (C=O) groups excluding carboxylic acids is 1. The van der Waals surface area contributed by atoms with Crippen LogP contribution in [0.4, 0.5) is 4.39 Å². The summed E-state index contributed by atoms with van der Waals surface area (Å²) < 4.78 is 24.6. The average molecular weight is 533 g/mol. The summed E-state index contributed by atoms with van der Waals surface area (Å²) in [4.78, 5) is 21.6. The number of nitrogens with two attached hydrogens (primary N) is 1. The topological polar surface area (TPSA) is 133 Å². The highest BCUT2D eigenvalue weighted by Gasteiger charge is 2.29. The zero-order chi connectivity index (χ0) is 26.7. The Labute approximate surface area is 222 Å². The van der Waals surface area contributed by atoms with Gasteiger partial charge in [0.1, 0.15) is 17.1 Å². The number of rotatable bonds is 9. The van der Waals surface area contributed by atoms with Crippen LogP contribution in [0.5, 0.6) is 0 Å². The minimum absolute atomic E-state index is 0.257. The SMILES string of the molecule is Cc1csc(CNC(=O)c2cc(Cc3nnc(C(C)(N)Cc4ccc(F)cc4)o3)cc(-c3ncco3)c2)n1. The van der Waals surface area contributed by atoms with Gasteiger partial charge < -0.3 is 19.9 Å². The van der Waals surface area contributed by atoms with E-state index in [0.29, 0.717) is 35.9 Å². The number of thiazole rings is 1. The summed E-state index contributed by atoms with van der Waals surface area (Å²) in [5, 5.41) is 14.0. The molecule has 11 heteroatoms. The molecule has 5 rings (SSSR count). The van der Waals surface area contributed by atoms with Gasteiger partial charge in [-0.05, 0) is 61.7 Å². The number of halogens is 1. The Morgan fingerprint density at radius 3 is 2.68 bits per heavy atom. The number of hydrogen-bond donors (Lipinski definition) is 2. The lowest BCUT2D eigenvalue weighted by Gasteiger charge is -2.20. The van der Waals surface area contributed by atoms with Crippen LogP contribution in [0.1, 0.15) is 50.9 Å². The van der Waals surface area contributed by atoms with Gasteiger partial charge in [0, 0.05) is 22.2 Å². The van der Waals surface area contributed by atoms with Gasteiger partial charge in [0.05, 0.1) is 24.7 Å². The van der Waals surface area contributed by atoms with E-state index in [-0.39, 0.29) is 24.0 Å². The van der Waals surface area contributed by atoms with Crippen molar-refractivity contribution in [2.24, 2.45) is 5.73 Å². The Morgan fingerprint density at radius 1 is 1.16 bits per heavy atom. The molecule has 2 aromatic carbocycles. The third kappa shape index (κ3) is 6.01. The van der Waals surface area contributed by atoms with Crippen molar-refractivity contribution in [1.29, 1.82) is 0 Å². The van der Waals surface area contributed by atoms with Gasteiger partial charge in [0.25, 0.3) is 5.91 Å². The predicted molar refractivity (Wildman–Crippen MR) is 139 cm³/mol. The summed E-state index contributed by atoms with van der Waals surface area (Å²) in [5.74, 6) is 0.414. The smallest absolute Gasteiger partial charge is 0.251 e. The predicted octanol–water partition coefficient (Wildman–Crippen LogP) is 4.57. The molecule has 3 aromatic heterocycles. The number of nitrogens with one attached hydrogen (secondary N) is 1. The molecule has 0 spiro atoms. The maximum atomic E-state index is 13.3. The second-order valence-electron chi connectivity index (χ2n) is 9.22. The van der Waals surface area contributed by atoms with Crippen molar-refractivity contribution >= 4 is 17.2 Å². The van der Waals surface area contributed by atoms with E-state index in [4.69, 9.17) is 14.6 Å². The molecule has 9 nitrogen and oxygen atoms in total. The van der Waals surface area contributed by atoms with Crippen LogP contribution >= 0.6 is 11.3 Å². The second-order valence-corrected chi connectivity index (χ2v) is 10.2. The largest absolute Gasteiger partial charge is 0.445 e. The molecular weight excluding hydrogens is 507 g/mol. The van der Waals surface area contributed by atoms with E-state index in [2.05, 4.69) is 25.5 Å². The summed E-state index contributed by atoms with van der Waals surface area (Å²) in [6.45, 7) is 4.02. The fourth-order valence-corrected chi connectivity index (χ4v) is 4.70. The second kappa shape index (κ2) is 10.6. The van der Waals surface area contributed by atoms with E-state index < -0.39 is 5.54 Å². The zero-order valence-electron chi connectivity index (χ0n) is 20.8. The van der Waals surface area contributed by atoms with Gasteiger partial charge in [-0.15, -0.1) is 21.5 Å². The molecule has 1 unspecified atom stereocenters. The fraction of sp³-hybridized carbons (Fsp3) is 0.222. The Balaban J connectivity index is 1.36. The molecule has 0 fully saturated rings. The molecule has 0 saturated carbocycles. The zero-order valence-corrected chi connectivity index (χ0v) is 21.6. The molecule has 3 heterocycles. The highest BCUT2D eigenvalue weighted by atomic mass is 32.1. The Kier molecular flexibility index (Phi) is 7.12. The summed E-state index contributed by atoms with van der Waals surface area (Å²) in [7, 11) is 0. The van der Waals surface area contributed by atoms with Gasteiger partial charge in [-0.1, -0.05) is 12.1 Å². The molecule has 3 N–H and O–H groups in total. The number of aromatic nitrogens is 4. The highest BCUT2D eigenvalue weighted by molar-refractivity contribution is 7.09. The van der Waals surface area contributed by atoms with E-state index in [1.807, 2.05) is 18.4 Å². The van der Waals surface area contributed by atoms with Crippen molar-refractivity contribution in [1.82, 2.24) is 25.5 Å². The van der Waals surface area contributed by atoms with Crippen LogP contribution in [0.2, 0.25) is 0 Å². The molecule has 0 bridgehead atoms. The third-order valence-electron chi connectivity index (χ3n) is 5.80. The van der Waals surface area contributed by atoms with Crippen LogP contribution in [-0.2, 0) is 24.9 Å². The molecule has 5 aromatic rings. The quantitative estimate of drug-likeness (QED) is 0.282. The van der Waals surface area contributed by atoms with Crippen LogP contribution in [0.3, 0.4) is 0 Å². The lowest BCUT2D eigenvalue weighted by atomic mass is 9.94. The van der Waals surface area contributed by atoms with Crippen LogP contribution < -0.4 is 11.1 Å². The molecule has 0 saturated heterocycles. The number of carbonyl (C=O) groups is 1. The Hall–Kier alpha value is -4.22. The summed E-state index contributed by atoms with van der Waals surface area (Å²) in [6.07, 6.45) is 3.66. The first-order valence-corrected chi connectivity index (χ1v) is 12.7. The van der Waals surface area contributed by atoms with Crippen molar-refractivity contribution in [2.75, 3.05) is 0 Å². The van der Waals surface area contributed by atoms with Gasteiger partial charge in [-0.25, -0.2) is 14.4 Å². The lowest BCUT2D eigenvalue weighted by molar-refractivity contribution is 0.0950. The van der Waals surface area contributed by atoms with Gasteiger partial charge >= 0.3 is 0 Å². The summed E-state index contributed by atoms with van der Waals surface area (Å²) in [6, 6.07) is 11.5. The molecule has 1 atom stereocenters. The molecule has 0 radical (unpaired) electrons. The van der Waals surface area contributed by atoms with Crippen LogP contribution in [0, 0.1) is 12.7 Å². The van der Waals surface area contributed by atoms with E-state index in [1.165, 1.54) is 29.7 Å². The average Bonchev–Trinajstić information content (AvgIpc) is 3.66. The normalized spacial score (nSPS) is 12.8. The minimum atomic E-state index is -0.956. The number of benzene rings is 2. The number of amides is 1. The van der Waals surface area contributed by atoms with E-state index >= 15 is 0 Å². The molecular formula is C27H25FN6O3S. The fourth-order valence-electron chi connectivity index (χ4n) is 3.99. The lowest BCUT2D eigenvalue weighted by Crippen LogP contribution is -2.36. The summed E-state index contributed by atoms with van der Waals surface area (Å²) >= 11 is 1.49. The molecule has 1 amide bonds. The molecule has 38 heavy (non-hydrogen) atoms. The molecule has 194 valence electrons. The maximum Gasteiger partial charge on any atom is 0.251 e. The Morgan fingerprint density at radius 2 is 1.97 bits per heavy atom. The van der Waals surface area contributed by atoms with Crippen molar-refractivity contribution in [3.63, 3.8) is 0 Å². The van der Waals surface area contributed by atoms with Gasteiger partial charge in [0.2, 0.25) is 17.7 Å². The van der Waals surface area contributed by atoms with Crippen molar-refractivity contribution < 1.29 is 18.0 Å². The first-order chi connectivity index (χ1) is 18.2. The number of nitrogens with zero attached hydrogens (tertiary/aromatic N) is 4. The van der Waals surface area contributed by atoms with Crippen LogP contribution in [-0.4, -0.2) is 26.1 Å².